The van der Waals surface area contributed by atoms with E-state index in [0.717, 1.165) is 23.7 Å². The maximum Gasteiger partial charge on any atom is 0.408 e. The number of carboxylic acids is 1. The lowest BCUT2D eigenvalue weighted by Gasteiger charge is -2.30. The van der Waals surface area contributed by atoms with E-state index in [1.807, 2.05) is 68.6 Å². The van der Waals surface area contributed by atoms with Crippen LogP contribution in [0.1, 0.15) is 83.0 Å². The predicted octanol–water partition coefficient (Wildman–Crippen LogP) is 7.08. The van der Waals surface area contributed by atoms with E-state index in [1.54, 1.807) is 51.3 Å². The van der Waals surface area contributed by atoms with Crippen LogP contribution in [-0.4, -0.2) is 113 Å². The molecule has 0 bridgehead atoms. The van der Waals surface area contributed by atoms with Gasteiger partial charge in [0.25, 0.3) is 0 Å². The molecule has 1 unspecified atom stereocenters. The third-order valence-electron chi connectivity index (χ3n) is 12.1. The molecule has 1 saturated heterocycles. The van der Waals surface area contributed by atoms with Crippen molar-refractivity contribution in [1.82, 2.24) is 25.5 Å². The molecule has 16 nitrogen and oxygen atoms in total. The van der Waals surface area contributed by atoms with E-state index in [0.29, 0.717) is 52.2 Å². The molecule has 1 saturated carbocycles. The molecule has 6 atom stereocenters. The lowest BCUT2D eigenvalue weighted by Crippen LogP contribution is -2.56. The number of anilines is 2. The number of ketones is 1. The number of Topliss-reactive ketones (excluding diaryl/α,β-unsaturated/α-hetero) is 1. The number of carbonyl (C=O) groups is 5. The van der Waals surface area contributed by atoms with Crippen LogP contribution in [-0.2, 0) is 19.1 Å². The van der Waals surface area contributed by atoms with Crippen molar-refractivity contribution in [3.05, 3.63) is 71.6 Å². The van der Waals surface area contributed by atoms with Gasteiger partial charge >= 0.3 is 12.1 Å². The second-order valence-corrected chi connectivity index (χ2v) is 18.8. The number of rotatable bonds is 13. The number of alkyl carbamates (subject to hydrolysis) is 1. The summed E-state index contributed by atoms with van der Waals surface area (Å²) in [7, 11) is 5.36. The van der Waals surface area contributed by atoms with Gasteiger partial charge in [-0.2, -0.15) is 0 Å². The second kappa shape index (κ2) is 19.9. The van der Waals surface area contributed by atoms with Gasteiger partial charge in [0.15, 0.2) is 11.2 Å². The number of aromatic nitrogens is 2. The number of thiazole rings is 1. The van der Waals surface area contributed by atoms with E-state index in [-0.39, 0.29) is 37.6 Å². The SMILES string of the molecule is COc1ccc2c(O[C@@H]3C[C@H]4C(=O)N[C@]5(C(=O)O)CC5/C=C\CCCCC[C@@H](NC(=O)O[C@H](C(=O)c5ccc(N(C)C)cc5)C(C)C)C(=O)N4C3)cc(-c3csc(NC(C)C)n3)nc2c1. The standard InChI is InChI=1S/C48H59N7O9S/c1-27(2)42(41(56)29-15-17-31(18-16-29)54(5)6)64-47(61)52-35-14-12-10-8-9-11-13-30-24-48(30,45(59)60)53-43(57)39-22-33(25-55(39)44(35)58)63-40-23-37(38-26-65-46(51-38)49-28(3)4)50-36-21-32(62-7)19-20-34(36)40/h11,13,15-21,23,26-28,30,33,35,39,42H,8-10,12,14,22,24-25H2,1-7H3,(H,49,51)(H,52,61)(H,53,57)(H,59,60)/b13-11-/t30?,33-,35-,39+,42+,48-/m1/s1. The highest BCUT2D eigenvalue weighted by atomic mass is 32.1. The average Bonchev–Trinajstić information content (AvgIpc) is 3.53. The molecule has 3 aliphatic rings. The summed E-state index contributed by atoms with van der Waals surface area (Å²) < 4.78 is 18.1. The first kappa shape index (κ1) is 46.8. The van der Waals surface area contributed by atoms with Gasteiger partial charge in [-0.05, 0) is 81.8 Å². The minimum atomic E-state index is -1.51. The Bertz CT molecular complexity index is 2440. The highest BCUT2D eigenvalue weighted by Gasteiger charge is 2.61. The first-order valence-corrected chi connectivity index (χ1v) is 23.1. The van der Waals surface area contributed by atoms with Gasteiger partial charge in [0.1, 0.15) is 40.9 Å². The quantitative estimate of drug-likeness (QED) is 0.0784. The van der Waals surface area contributed by atoms with E-state index in [4.69, 9.17) is 24.2 Å². The van der Waals surface area contributed by atoms with E-state index >= 15 is 0 Å². The Balaban J connectivity index is 1.19. The van der Waals surface area contributed by atoms with Crippen molar-refractivity contribution in [1.29, 1.82) is 0 Å². The minimum Gasteiger partial charge on any atom is -0.497 e. The Morgan fingerprint density at radius 3 is 2.46 bits per heavy atom. The summed E-state index contributed by atoms with van der Waals surface area (Å²) in [5.74, 6) is -2.49. The van der Waals surface area contributed by atoms with Gasteiger partial charge < -0.3 is 45.1 Å². The Morgan fingerprint density at radius 1 is 1.00 bits per heavy atom. The van der Waals surface area contributed by atoms with Crippen molar-refractivity contribution < 1.29 is 43.3 Å². The van der Waals surface area contributed by atoms with Crippen molar-refractivity contribution >= 4 is 62.7 Å². The Hall–Kier alpha value is -6.23. The summed E-state index contributed by atoms with van der Waals surface area (Å²) >= 11 is 1.45. The van der Waals surface area contributed by atoms with E-state index in [1.165, 1.54) is 16.2 Å². The summed E-state index contributed by atoms with van der Waals surface area (Å²) in [6, 6.07) is 12.1. The van der Waals surface area contributed by atoms with Crippen LogP contribution in [0, 0.1) is 11.8 Å². The van der Waals surface area contributed by atoms with E-state index in [9.17, 15) is 29.1 Å². The molecule has 2 aliphatic heterocycles. The first-order valence-electron chi connectivity index (χ1n) is 22.3. The van der Waals surface area contributed by atoms with Crippen LogP contribution in [0.2, 0.25) is 0 Å². The molecule has 1 aliphatic carbocycles. The van der Waals surface area contributed by atoms with Crippen LogP contribution < -0.4 is 30.3 Å². The summed E-state index contributed by atoms with van der Waals surface area (Å²) in [6.07, 6.45) is 4.17. The maximum atomic E-state index is 14.9. The fourth-order valence-corrected chi connectivity index (χ4v) is 9.29. The van der Waals surface area contributed by atoms with Crippen molar-refractivity contribution in [3.63, 3.8) is 0 Å². The number of allylic oxidation sites excluding steroid dienone is 1. The number of pyridine rings is 1. The summed E-state index contributed by atoms with van der Waals surface area (Å²) in [5, 5.41) is 22.6. The lowest BCUT2D eigenvalue weighted by atomic mass is 9.97. The first-order chi connectivity index (χ1) is 31.1. The Kier molecular flexibility index (Phi) is 14.3. The number of hydrogen-bond donors (Lipinski definition) is 4. The number of fused-ring (bicyclic) bond motifs is 3. The highest BCUT2D eigenvalue weighted by Crippen LogP contribution is 2.45. The number of nitrogens with zero attached hydrogens (tertiary/aromatic N) is 4. The number of carboxylic acid groups (broad SMARTS) is 1. The number of benzene rings is 2. The lowest BCUT2D eigenvalue weighted by molar-refractivity contribution is -0.145. The molecule has 65 heavy (non-hydrogen) atoms. The second-order valence-electron chi connectivity index (χ2n) is 17.9. The zero-order valence-electron chi connectivity index (χ0n) is 38.0. The Morgan fingerprint density at radius 2 is 1.77 bits per heavy atom. The molecule has 3 amide bonds. The Labute approximate surface area is 383 Å². The normalized spacial score (nSPS) is 23.3. The fourth-order valence-electron chi connectivity index (χ4n) is 8.44. The molecular weight excluding hydrogens is 851 g/mol. The molecule has 2 fully saturated rings. The summed E-state index contributed by atoms with van der Waals surface area (Å²) in [6.45, 7) is 7.55. The molecule has 7 rings (SSSR count). The summed E-state index contributed by atoms with van der Waals surface area (Å²) in [4.78, 5) is 82.5. The number of methoxy groups -OCH3 is 1. The van der Waals surface area contributed by atoms with Crippen LogP contribution in [0.5, 0.6) is 11.5 Å². The van der Waals surface area contributed by atoms with Crippen molar-refractivity contribution in [2.24, 2.45) is 11.8 Å². The van der Waals surface area contributed by atoms with Gasteiger partial charge in [0.05, 0.1) is 24.9 Å². The molecule has 2 aromatic carbocycles. The third kappa shape index (κ3) is 10.7. The van der Waals surface area contributed by atoms with Crippen LogP contribution in [0.4, 0.5) is 15.6 Å². The van der Waals surface area contributed by atoms with Gasteiger partial charge in [-0.25, -0.2) is 19.6 Å². The molecule has 0 spiro atoms. The van der Waals surface area contributed by atoms with E-state index in [2.05, 4.69) is 16.0 Å². The van der Waals surface area contributed by atoms with Gasteiger partial charge in [0, 0.05) is 66.6 Å². The molecule has 2 aromatic heterocycles. The van der Waals surface area contributed by atoms with Crippen LogP contribution in [0.3, 0.4) is 0 Å². The maximum absolute atomic E-state index is 14.9. The summed E-state index contributed by atoms with van der Waals surface area (Å²) in [5.41, 5.74) is 1.51. The van der Waals surface area contributed by atoms with E-state index < -0.39 is 65.5 Å². The fraction of sp³-hybridized carbons (Fsp3) is 0.479. The molecule has 0 radical (unpaired) electrons. The zero-order chi connectivity index (χ0) is 46.6. The largest absolute Gasteiger partial charge is 0.497 e. The number of aliphatic carboxylic acids is 1. The minimum absolute atomic E-state index is 0.0238. The molecule has 346 valence electrons. The van der Waals surface area contributed by atoms with Gasteiger partial charge in [-0.3, -0.25) is 14.4 Å². The van der Waals surface area contributed by atoms with Crippen molar-refractivity contribution in [2.45, 2.75) is 109 Å². The number of carbonyl (C=O) groups excluding carboxylic acids is 4. The van der Waals surface area contributed by atoms with Gasteiger partial charge in [0.2, 0.25) is 17.6 Å². The highest BCUT2D eigenvalue weighted by molar-refractivity contribution is 7.14. The number of hydrogen-bond acceptors (Lipinski definition) is 13. The monoisotopic (exact) mass is 909 g/mol. The zero-order valence-corrected chi connectivity index (χ0v) is 38.8. The number of amides is 3. The molecule has 4 heterocycles. The molecule has 4 N–H and O–H groups in total. The van der Waals surface area contributed by atoms with Gasteiger partial charge in [-0.1, -0.05) is 38.8 Å². The number of ether oxygens (including phenoxy) is 3. The number of nitrogens with one attached hydrogen (secondary N) is 3. The average molecular weight is 910 g/mol. The third-order valence-corrected chi connectivity index (χ3v) is 12.9. The predicted molar refractivity (Wildman–Crippen MR) is 249 cm³/mol. The van der Waals surface area contributed by atoms with Gasteiger partial charge in [-0.15, -0.1) is 11.3 Å². The van der Waals surface area contributed by atoms with Crippen molar-refractivity contribution in [2.75, 3.05) is 38.0 Å². The van der Waals surface area contributed by atoms with Crippen LogP contribution >= 0.6 is 11.3 Å². The molecule has 4 aromatic rings. The smallest absolute Gasteiger partial charge is 0.408 e. The topological polar surface area (TPSA) is 202 Å². The van der Waals surface area contributed by atoms with Crippen LogP contribution in [0.25, 0.3) is 22.3 Å². The van der Waals surface area contributed by atoms with Crippen LogP contribution in [0.15, 0.2) is 66.1 Å². The van der Waals surface area contributed by atoms with Crippen molar-refractivity contribution in [3.8, 4) is 22.9 Å². The molecular formula is C48H59N7O9S. The molecule has 17 heteroatoms.